The standard InChI is InChI=1S/C44H29NO/c1-2-9-30(10-3-1)34-13-8-14-39(26-34)45(38-22-19-32(20-23-38)35-18-17-31-11-4-5-12-33(31)25-35)40-24-21-36-29-44-42(28-37(36)27-40)41-15-6-7-16-43(41)46-44/h1-29H. The first-order valence-corrected chi connectivity index (χ1v) is 15.7. The summed E-state index contributed by atoms with van der Waals surface area (Å²) >= 11 is 0. The molecule has 0 amide bonds. The van der Waals surface area contributed by atoms with Gasteiger partial charge in [-0.25, -0.2) is 0 Å². The van der Waals surface area contributed by atoms with Crippen LogP contribution in [0.2, 0.25) is 0 Å². The molecule has 0 saturated heterocycles. The fraction of sp³-hybridized carbons (Fsp3) is 0. The largest absolute Gasteiger partial charge is 0.456 e. The molecule has 0 atom stereocenters. The van der Waals surface area contributed by atoms with Crippen molar-refractivity contribution in [3.8, 4) is 22.3 Å². The predicted octanol–water partition coefficient (Wildman–Crippen LogP) is 12.7. The fourth-order valence-corrected chi connectivity index (χ4v) is 6.67. The summed E-state index contributed by atoms with van der Waals surface area (Å²) in [4.78, 5) is 2.35. The van der Waals surface area contributed by atoms with Crippen molar-refractivity contribution in [2.24, 2.45) is 0 Å². The molecule has 0 bridgehead atoms. The lowest BCUT2D eigenvalue weighted by atomic mass is 10.0. The third kappa shape index (κ3) is 4.60. The van der Waals surface area contributed by atoms with Crippen LogP contribution in [0.3, 0.4) is 0 Å². The van der Waals surface area contributed by atoms with Gasteiger partial charge in [0.1, 0.15) is 11.2 Å². The zero-order valence-corrected chi connectivity index (χ0v) is 25.1. The minimum atomic E-state index is 0.915. The Balaban J connectivity index is 1.18. The van der Waals surface area contributed by atoms with E-state index in [1.54, 1.807) is 0 Å². The summed E-state index contributed by atoms with van der Waals surface area (Å²) in [6.07, 6.45) is 0. The van der Waals surface area contributed by atoms with Gasteiger partial charge >= 0.3 is 0 Å². The van der Waals surface area contributed by atoms with E-state index < -0.39 is 0 Å². The van der Waals surface area contributed by atoms with Crippen LogP contribution < -0.4 is 4.90 Å². The van der Waals surface area contributed by atoms with Crippen LogP contribution in [0, 0.1) is 0 Å². The lowest BCUT2D eigenvalue weighted by Crippen LogP contribution is -2.10. The van der Waals surface area contributed by atoms with E-state index in [9.17, 15) is 0 Å². The summed E-state index contributed by atoms with van der Waals surface area (Å²) in [5, 5.41) is 7.11. The van der Waals surface area contributed by atoms with Crippen molar-refractivity contribution in [3.05, 3.63) is 176 Å². The van der Waals surface area contributed by atoms with Crippen LogP contribution in [0.5, 0.6) is 0 Å². The molecule has 8 aromatic carbocycles. The van der Waals surface area contributed by atoms with Crippen LogP contribution in [-0.2, 0) is 0 Å². The van der Waals surface area contributed by atoms with Crippen LogP contribution in [0.25, 0.3) is 65.7 Å². The number of anilines is 3. The molecule has 0 unspecified atom stereocenters. The van der Waals surface area contributed by atoms with E-state index in [-0.39, 0.29) is 0 Å². The minimum absolute atomic E-state index is 0.915. The van der Waals surface area contributed by atoms with Crippen LogP contribution in [-0.4, -0.2) is 0 Å². The molecule has 2 nitrogen and oxygen atoms in total. The van der Waals surface area contributed by atoms with Gasteiger partial charge in [-0.05, 0) is 104 Å². The smallest absolute Gasteiger partial charge is 0.136 e. The summed E-state index contributed by atoms with van der Waals surface area (Å²) < 4.78 is 6.19. The first-order chi connectivity index (χ1) is 22.8. The third-order valence-electron chi connectivity index (χ3n) is 9.00. The van der Waals surface area contributed by atoms with E-state index >= 15 is 0 Å². The van der Waals surface area contributed by atoms with Gasteiger partial charge in [0, 0.05) is 27.8 Å². The first-order valence-electron chi connectivity index (χ1n) is 15.7. The third-order valence-corrected chi connectivity index (χ3v) is 9.00. The highest BCUT2D eigenvalue weighted by molar-refractivity contribution is 6.10. The number of rotatable bonds is 5. The molecule has 0 N–H and O–H groups in total. The van der Waals surface area contributed by atoms with E-state index in [2.05, 4.69) is 169 Å². The van der Waals surface area contributed by atoms with Gasteiger partial charge in [0.2, 0.25) is 0 Å². The van der Waals surface area contributed by atoms with E-state index in [4.69, 9.17) is 4.42 Å². The van der Waals surface area contributed by atoms with Gasteiger partial charge in [-0.1, -0.05) is 115 Å². The van der Waals surface area contributed by atoms with Gasteiger partial charge in [-0.3, -0.25) is 0 Å². The average molecular weight is 588 g/mol. The van der Waals surface area contributed by atoms with Gasteiger partial charge in [-0.15, -0.1) is 0 Å². The van der Waals surface area contributed by atoms with Crippen molar-refractivity contribution >= 4 is 60.5 Å². The number of furan rings is 1. The Hall–Kier alpha value is -6.12. The topological polar surface area (TPSA) is 16.4 Å². The van der Waals surface area contributed by atoms with Crippen molar-refractivity contribution < 1.29 is 4.42 Å². The number of hydrogen-bond donors (Lipinski definition) is 0. The maximum absolute atomic E-state index is 6.19. The molecule has 0 aliphatic rings. The zero-order valence-electron chi connectivity index (χ0n) is 25.1. The molecule has 0 aliphatic carbocycles. The SMILES string of the molecule is c1ccc(-c2cccc(N(c3ccc(-c4ccc5ccccc5c4)cc3)c3ccc4cc5oc6ccccc6c5cc4c3)c2)cc1. The van der Waals surface area contributed by atoms with Gasteiger partial charge in [0.25, 0.3) is 0 Å². The number of hydrogen-bond acceptors (Lipinski definition) is 2. The molecule has 0 saturated carbocycles. The van der Waals surface area contributed by atoms with Crippen LogP contribution in [0.15, 0.2) is 180 Å². The van der Waals surface area contributed by atoms with Crippen molar-refractivity contribution in [2.75, 3.05) is 4.90 Å². The molecule has 9 aromatic rings. The van der Waals surface area contributed by atoms with Crippen LogP contribution >= 0.6 is 0 Å². The molecule has 0 radical (unpaired) electrons. The highest BCUT2D eigenvalue weighted by Crippen LogP contribution is 2.40. The van der Waals surface area contributed by atoms with E-state index in [0.29, 0.717) is 0 Å². The molecule has 1 heterocycles. The zero-order chi connectivity index (χ0) is 30.5. The molecule has 9 rings (SSSR count). The molecule has 1 aromatic heterocycles. The Kier molecular flexibility index (Phi) is 6.17. The molecule has 0 fully saturated rings. The van der Waals surface area contributed by atoms with Crippen LogP contribution in [0.1, 0.15) is 0 Å². The fourth-order valence-electron chi connectivity index (χ4n) is 6.67. The Morgan fingerprint density at radius 3 is 1.83 bits per heavy atom. The molecular weight excluding hydrogens is 558 g/mol. The van der Waals surface area contributed by atoms with Crippen LogP contribution in [0.4, 0.5) is 17.1 Å². The van der Waals surface area contributed by atoms with E-state index in [1.807, 2.05) is 12.1 Å². The second kappa shape index (κ2) is 10.8. The molecule has 0 aliphatic heterocycles. The summed E-state index contributed by atoms with van der Waals surface area (Å²) in [6.45, 7) is 0. The maximum atomic E-state index is 6.19. The van der Waals surface area contributed by atoms with Gasteiger partial charge in [0.05, 0.1) is 0 Å². The summed E-state index contributed by atoms with van der Waals surface area (Å²) in [5.41, 5.74) is 9.93. The molecule has 2 heteroatoms. The van der Waals surface area contributed by atoms with Gasteiger partial charge in [0.15, 0.2) is 0 Å². The number of benzene rings is 8. The molecule has 46 heavy (non-hydrogen) atoms. The van der Waals surface area contributed by atoms with E-state index in [0.717, 1.165) is 44.4 Å². The second-order valence-corrected chi connectivity index (χ2v) is 11.8. The Bertz CT molecular complexity index is 2530. The van der Waals surface area contributed by atoms with Gasteiger partial charge < -0.3 is 9.32 Å². The molecular formula is C44H29NO. The number of para-hydroxylation sites is 1. The minimum Gasteiger partial charge on any atom is -0.456 e. The first kappa shape index (κ1) is 26.3. The van der Waals surface area contributed by atoms with Gasteiger partial charge in [-0.2, -0.15) is 0 Å². The Morgan fingerprint density at radius 1 is 0.304 bits per heavy atom. The van der Waals surface area contributed by atoms with Crippen molar-refractivity contribution in [1.82, 2.24) is 0 Å². The number of fused-ring (bicyclic) bond motifs is 5. The summed E-state index contributed by atoms with van der Waals surface area (Å²) in [5.74, 6) is 0. The summed E-state index contributed by atoms with van der Waals surface area (Å²) in [7, 11) is 0. The maximum Gasteiger partial charge on any atom is 0.136 e. The number of nitrogens with zero attached hydrogens (tertiary/aromatic N) is 1. The second-order valence-electron chi connectivity index (χ2n) is 11.8. The van der Waals surface area contributed by atoms with E-state index in [1.165, 1.54) is 38.4 Å². The highest BCUT2D eigenvalue weighted by atomic mass is 16.3. The quantitative estimate of drug-likeness (QED) is 0.199. The molecule has 216 valence electrons. The normalized spacial score (nSPS) is 11.5. The monoisotopic (exact) mass is 587 g/mol. The average Bonchev–Trinajstić information content (AvgIpc) is 3.48. The van der Waals surface area contributed by atoms with Crippen molar-refractivity contribution in [1.29, 1.82) is 0 Å². The molecule has 0 spiro atoms. The lowest BCUT2D eigenvalue weighted by molar-refractivity contribution is 0.669. The highest BCUT2D eigenvalue weighted by Gasteiger charge is 2.16. The van der Waals surface area contributed by atoms with Crippen molar-refractivity contribution in [2.45, 2.75) is 0 Å². The van der Waals surface area contributed by atoms with Crippen molar-refractivity contribution in [3.63, 3.8) is 0 Å². The Morgan fingerprint density at radius 2 is 0.935 bits per heavy atom. The summed E-state index contributed by atoms with van der Waals surface area (Å²) in [6, 6.07) is 62.9. The Labute approximate surface area is 267 Å². The predicted molar refractivity (Wildman–Crippen MR) is 194 cm³/mol. The lowest BCUT2D eigenvalue weighted by Gasteiger charge is -2.26.